The molecule has 0 saturated carbocycles. The summed E-state index contributed by atoms with van der Waals surface area (Å²) in [4.78, 5) is 25.6. The predicted octanol–water partition coefficient (Wildman–Crippen LogP) is 2.08. The Morgan fingerprint density at radius 2 is 2.14 bits per heavy atom. The van der Waals surface area contributed by atoms with Gasteiger partial charge >= 0.3 is 0 Å². The van der Waals surface area contributed by atoms with Crippen LogP contribution in [-0.4, -0.2) is 35.8 Å². The lowest BCUT2D eigenvalue weighted by molar-refractivity contribution is -0.120. The Labute approximate surface area is 133 Å². The van der Waals surface area contributed by atoms with E-state index >= 15 is 0 Å². The van der Waals surface area contributed by atoms with Gasteiger partial charge < -0.3 is 16.0 Å². The molecule has 2 amide bonds. The molecule has 6 heteroatoms. The van der Waals surface area contributed by atoms with Gasteiger partial charge in [0, 0.05) is 41.8 Å². The van der Waals surface area contributed by atoms with E-state index in [1.165, 1.54) is 6.92 Å². The highest BCUT2D eigenvalue weighted by Gasteiger charge is 2.26. The van der Waals surface area contributed by atoms with Crippen LogP contribution in [0.4, 0.5) is 5.69 Å². The molecule has 0 aliphatic carbocycles. The highest BCUT2D eigenvalue weighted by molar-refractivity contribution is 9.10. The van der Waals surface area contributed by atoms with E-state index in [1.807, 2.05) is 6.92 Å². The van der Waals surface area contributed by atoms with Crippen molar-refractivity contribution in [1.29, 1.82) is 0 Å². The van der Waals surface area contributed by atoms with Gasteiger partial charge in [0.05, 0.1) is 0 Å². The van der Waals surface area contributed by atoms with Crippen molar-refractivity contribution in [3.63, 3.8) is 0 Å². The lowest BCUT2D eigenvalue weighted by Crippen LogP contribution is -2.49. The summed E-state index contributed by atoms with van der Waals surface area (Å²) in [6, 6.07) is 3.63. The van der Waals surface area contributed by atoms with Crippen LogP contribution in [0.2, 0.25) is 0 Å². The molecule has 1 saturated heterocycles. The minimum Gasteiger partial charge on any atom is -0.398 e. The van der Waals surface area contributed by atoms with Gasteiger partial charge in [0.2, 0.25) is 5.91 Å². The summed E-state index contributed by atoms with van der Waals surface area (Å²) < 4.78 is 0.796. The number of nitrogens with two attached hydrogens (primary N) is 1. The molecule has 0 radical (unpaired) electrons. The SMILES string of the molecule is CC(=O)NC1CCCN(C(=O)c2cc(Br)cc(N)c2C)C1. The summed E-state index contributed by atoms with van der Waals surface area (Å²) in [6.45, 7) is 4.61. The number of nitrogens with one attached hydrogen (secondary N) is 1. The summed E-state index contributed by atoms with van der Waals surface area (Å²) >= 11 is 3.38. The number of carbonyl (C=O) groups excluding carboxylic acids is 2. The molecular weight excluding hydrogens is 334 g/mol. The number of hydrogen-bond donors (Lipinski definition) is 2. The maximum atomic E-state index is 12.7. The molecule has 1 aromatic rings. The maximum absolute atomic E-state index is 12.7. The second kappa shape index (κ2) is 6.47. The van der Waals surface area contributed by atoms with Crippen molar-refractivity contribution in [2.45, 2.75) is 32.7 Å². The predicted molar refractivity (Wildman–Crippen MR) is 86.0 cm³/mol. The average Bonchev–Trinajstić information content (AvgIpc) is 2.41. The van der Waals surface area contributed by atoms with E-state index in [2.05, 4.69) is 21.2 Å². The Kier molecular flexibility index (Phi) is 4.88. The van der Waals surface area contributed by atoms with Gasteiger partial charge in [0.15, 0.2) is 0 Å². The van der Waals surface area contributed by atoms with E-state index in [0.717, 1.165) is 22.9 Å². The Morgan fingerprint density at radius 3 is 2.81 bits per heavy atom. The Hall–Kier alpha value is -1.56. The molecule has 1 aliphatic heterocycles. The lowest BCUT2D eigenvalue weighted by atomic mass is 10.0. The van der Waals surface area contributed by atoms with Gasteiger partial charge in [-0.3, -0.25) is 9.59 Å². The number of benzene rings is 1. The summed E-state index contributed by atoms with van der Waals surface area (Å²) in [5.41, 5.74) is 7.94. The van der Waals surface area contributed by atoms with Gasteiger partial charge in [-0.25, -0.2) is 0 Å². The van der Waals surface area contributed by atoms with Crippen LogP contribution in [0, 0.1) is 6.92 Å². The number of likely N-dealkylation sites (tertiary alicyclic amines) is 1. The molecule has 114 valence electrons. The first-order valence-corrected chi connectivity index (χ1v) is 7.79. The lowest BCUT2D eigenvalue weighted by Gasteiger charge is -2.33. The summed E-state index contributed by atoms with van der Waals surface area (Å²) in [6.07, 6.45) is 1.79. The summed E-state index contributed by atoms with van der Waals surface area (Å²) in [7, 11) is 0. The van der Waals surface area contributed by atoms with Crippen molar-refractivity contribution < 1.29 is 9.59 Å². The first-order chi connectivity index (χ1) is 9.88. The van der Waals surface area contributed by atoms with Gasteiger partial charge in [0.1, 0.15) is 0 Å². The molecule has 21 heavy (non-hydrogen) atoms. The van der Waals surface area contributed by atoms with Gasteiger partial charge in [-0.05, 0) is 37.5 Å². The average molecular weight is 354 g/mol. The molecule has 5 nitrogen and oxygen atoms in total. The van der Waals surface area contributed by atoms with Gasteiger partial charge in [0.25, 0.3) is 5.91 Å². The fourth-order valence-corrected chi connectivity index (χ4v) is 3.14. The van der Waals surface area contributed by atoms with Crippen molar-refractivity contribution in [2.75, 3.05) is 18.8 Å². The van der Waals surface area contributed by atoms with Crippen LogP contribution in [-0.2, 0) is 4.79 Å². The van der Waals surface area contributed by atoms with Crippen LogP contribution in [0.15, 0.2) is 16.6 Å². The third-order valence-electron chi connectivity index (χ3n) is 3.76. The molecule has 0 spiro atoms. The minimum atomic E-state index is -0.0582. The van der Waals surface area contributed by atoms with E-state index in [9.17, 15) is 9.59 Å². The quantitative estimate of drug-likeness (QED) is 0.799. The first kappa shape index (κ1) is 15.8. The fraction of sp³-hybridized carbons (Fsp3) is 0.467. The number of halogens is 1. The van der Waals surface area contributed by atoms with E-state index < -0.39 is 0 Å². The first-order valence-electron chi connectivity index (χ1n) is 7.00. The molecule has 1 aromatic carbocycles. The molecule has 0 aromatic heterocycles. The number of nitrogens with zero attached hydrogens (tertiary/aromatic N) is 1. The van der Waals surface area contributed by atoms with Crippen LogP contribution in [0.25, 0.3) is 0 Å². The zero-order valence-electron chi connectivity index (χ0n) is 12.3. The zero-order valence-corrected chi connectivity index (χ0v) is 13.9. The number of amides is 2. The molecule has 1 fully saturated rings. The van der Waals surface area contributed by atoms with Crippen molar-refractivity contribution >= 4 is 33.4 Å². The van der Waals surface area contributed by atoms with E-state index in [0.29, 0.717) is 24.3 Å². The van der Waals surface area contributed by atoms with E-state index in [4.69, 9.17) is 5.73 Å². The van der Waals surface area contributed by atoms with Crippen LogP contribution in [0.5, 0.6) is 0 Å². The Morgan fingerprint density at radius 1 is 1.43 bits per heavy atom. The standard InChI is InChI=1S/C15H20BrN3O2/c1-9-13(6-11(16)7-14(9)17)15(21)19-5-3-4-12(8-19)18-10(2)20/h6-7,12H,3-5,8,17H2,1-2H3,(H,18,20). The molecule has 3 N–H and O–H groups in total. The molecule has 1 unspecified atom stereocenters. The van der Waals surface area contributed by atoms with E-state index in [-0.39, 0.29) is 17.9 Å². The van der Waals surface area contributed by atoms with Gasteiger partial charge in [-0.15, -0.1) is 0 Å². The second-order valence-electron chi connectivity index (χ2n) is 5.46. The fourth-order valence-electron chi connectivity index (χ4n) is 2.66. The van der Waals surface area contributed by atoms with E-state index in [1.54, 1.807) is 17.0 Å². The Balaban J connectivity index is 2.18. The van der Waals surface area contributed by atoms with Crippen LogP contribution in [0.3, 0.4) is 0 Å². The van der Waals surface area contributed by atoms with Crippen molar-refractivity contribution in [3.05, 3.63) is 27.7 Å². The monoisotopic (exact) mass is 353 g/mol. The van der Waals surface area contributed by atoms with Crippen molar-refractivity contribution in [2.24, 2.45) is 0 Å². The zero-order chi connectivity index (χ0) is 15.6. The number of hydrogen-bond acceptors (Lipinski definition) is 3. The third-order valence-corrected chi connectivity index (χ3v) is 4.22. The molecular formula is C15H20BrN3O2. The Bertz CT molecular complexity index is 574. The summed E-state index contributed by atoms with van der Waals surface area (Å²) in [5.74, 6) is -0.0901. The molecule has 2 rings (SSSR count). The van der Waals surface area contributed by atoms with Gasteiger partial charge in [-0.2, -0.15) is 0 Å². The van der Waals surface area contributed by atoms with Crippen molar-refractivity contribution in [3.8, 4) is 0 Å². The third kappa shape index (κ3) is 3.75. The molecule has 0 bridgehead atoms. The summed E-state index contributed by atoms with van der Waals surface area (Å²) in [5, 5.41) is 2.89. The topological polar surface area (TPSA) is 75.4 Å². The number of anilines is 1. The highest BCUT2D eigenvalue weighted by atomic mass is 79.9. The minimum absolute atomic E-state index is 0.0319. The number of nitrogen functional groups attached to an aromatic ring is 1. The van der Waals surface area contributed by atoms with Crippen molar-refractivity contribution in [1.82, 2.24) is 10.2 Å². The van der Waals surface area contributed by atoms with Crippen LogP contribution in [0.1, 0.15) is 35.7 Å². The maximum Gasteiger partial charge on any atom is 0.254 e. The van der Waals surface area contributed by atoms with Gasteiger partial charge in [-0.1, -0.05) is 15.9 Å². The molecule has 1 aliphatic rings. The smallest absolute Gasteiger partial charge is 0.254 e. The number of rotatable bonds is 2. The molecule has 1 heterocycles. The molecule has 1 atom stereocenters. The number of piperidine rings is 1. The number of carbonyl (C=O) groups is 2. The second-order valence-corrected chi connectivity index (χ2v) is 6.37. The van der Waals surface area contributed by atoms with Crippen LogP contribution >= 0.6 is 15.9 Å². The highest BCUT2D eigenvalue weighted by Crippen LogP contribution is 2.25. The van der Waals surface area contributed by atoms with Crippen LogP contribution < -0.4 is 11.1 Å². The largest absolute Gasteiger partial charge is 0.398 e. The normalized spacial score (nSPS) is 18.4.